The zero-order valence-corrected chi connectivity index (χ0v) is 18.4. The second kappa shape index (κ2) is 10.7. The summed E-state index contributed by atoms with van der Waals surface area (Å²) in [5.41, 5.74) is 1.56. The molecule has 4 rings (SSSR count). The topological polar surface area (TPSA) is 75.2 Å². The number of nitrogens with one attached hydrogen (secondary N) is 1. The second-order valence-electron chi connectivity index (χ2n) is 7.38. The van der Waals surface area contributed by atoms with E-state index in [1.807, 2.05) is 41.3 Å². The Bertz CT molecular complexity index is 1080. The van der Waals surface area contributed by atoms with Gasteiger partial charge < -0.3 is 10.2 Å². The van der Waals surface area contributed by atoms with Crippen LogP contribution in [0.15, 0.2) is 90.0 Å². The van der Waals surface area contributed by atoms with Gasteiger partial charge in [-0.2, -0.15) is 0 Å². The quantitative estimate of drug-likeness (QED) is 0.347. The number of piperidine rings is 1. The van der Waals surface area contributed by atoms with Gasteiger partial charge in [0.05, 0.1) is 4.91 Å². The standard InChI is InChI=1S/C25H24N4O2S/c30-23(20-13-6-2-7-14-20)28-21(24(31)29-17-8-3-9-18-29)22(19-11-4-1-5-12-19)32-25-26-15-10-16-27-25/h1-2,4-7,10-16H,3,8-9,17-18H2,(H,28,30). The number of amides is 2. The molecule has 2 amide bonds. The summed E-state index contributed by atoms with van der Waals surface area (Å²) in [6, 6.07) is 20.2. The van der Waals surface area contributed by atoms with Crippen LogP contribution < -0.4 is 5.32 Å². The van der Waals surface area contributed by atoms with E-state index in [2.05, 4.69) is 15.3 Å². The number of rotatable bonds is 6. The van der Waals surface area contributed by atoms with E-state index in [1.54, 1.807) is 42.7 Å². The molecule has 3 aromatic rings. The van der Waals surface area contributed by atoms with Gasteiger partial charge in [-0.25, -0.2) is 9.97 Å². The number of carbonyl (C=O) groups is 2. The fourth-order valence-corrected chi connectivity index (χ4v) is 4.41. The monoisotopic (exact) mass is 444 g/mol. The highest BCUT2D eigenvalue weighted by Crippen LogP contribution is 2.35. The predicted molar refractivity (Wildman–Crippen MR) is 126 cm³/mol. The first-order chi connectivity index (χ1) is 15.7. The maximum Gasteiger partial charge on any atom is 0.271 e. The Balaban J connectivity index is 1.79. The van der Waals surface area contributed by atoms with Gasteiger partial charge in [-0.05, 0) is 54.8 Å². The summed E-state index contributed by atoms with van der Waals surface area (Å²) in [7, 11) is 0. The van der Waals surface area contributed by atoms with E-state index in [1.165, 1.54) is 11.8 Å². The molecule has 0 spiro atoms. The Morgan fingerprint density at radius 3 is 2.00 bits per heavy atom. The summed E-state index contributed by atoms with van der Waals surface area (Å²) in [5.74, 6) is -0.509. The number of nitrogens with zero attached hydrogens (tertiary/aromatic N) is 3. The third-order valence-electron chi connectivity index (χ3n) is 5.13. The lowest BCUT2D eigenvalue weighted by Crippen LogP contribution is -2.41. The van der Waals surface area contributed by atoms with Gasteiger partial charge in [0.1, 0.15) is 5.70 Å². The molecule has 0 unspecified atom stereocenters. The summed E-state index contributed by atoms with van der Waals surface area (Å²) in [6.45, 7) is 1.36. The molecule has 162 valence electrons. The van der Waals surface area contributed by atoms with E-state index in [4.69, 9.17) is 0 Å². The van der Waals surface area contributed by atoms with Crippen LogP contribution in [0.3, 0.4) is 0 Å². The van der Waals surface area contributed by atoms with Crippen molar-refractivity contribution in [3.8, 4) is 0 Å². The molecule has 1 aromatic heterocycles. The molecular formula is C25H24N4O2S. The van der Waals surface area contributed by atoms with Crippen LogP contribution in [0.1, 0.15) is 35.2 Å². The summed E-state index contributed by atoms with van der Waals surface area (Å²) in [5, 5.41) is 3.43. The number of carbonyl (C=O) groups excluding carboxylic acids is 2. The van der Waals surface area contributed by atoms with Crippen molar-refractivity contribution in [1.29, 1.82) is 0 Å². The lowest BCUT2D eigenvalue weighted by Gasteiger charge is -2.28. The summed E-state index contributed by atoms with van der Waals surface area (Å²) < 4.78 is 0. The van der Waals surface area contributed by atoms with Crippen LogP contribution in [0.25, 0.3) is 4.91 Å². The van der Waals surface area contributed by atoms with E-state index in [-0.39, 0.29) is 17.5 Å². The van der Waals surface area contributed by atoms with Crippen molar-refractivity contribution in [3.05, 3.63) is 95.9 Å². The minimum atomic E-state index is -0.325. The third-order valence-corrected chi connectivity index (χ3v) is 6.17. The summed E-state index contributed by atoms with van der Waals surface area (Å²) in [4.78, 5) is 37.8. The number of hydrogen-bond acceptors (Lipinski definition) is 5. The molecule has 2 heterocycles. The van der Waals surface area contributed by atoms with Gasteiger partial charge in [0.2, 0.25) is 0 Å². The average molecular weight is 445 g/mol. The third kappa shape index (κ3) is 5.42. The van der Waals surface area contributed by atoms with Crippen LogP contribution in [0.4, 0.5) is 0 Å². The fraction of sp³-hybridized carbons (Fsp3) is 0.200. The minimum Gasteiger partial charge on any atom is -0.337 e. The summed E-state index contributed by atoms with van der Waals surface area (Å²) in [6.07, 6.45) is 6.35. The molecule has 1 saturated heterocycles. The van der Waals surface area contributed by atoms with Crippen LogP contribution in [-0.2, 0) is 4.79 Å². The van der Waals surface area contributed by atoms with E-state index < -0.39 is 0 Å². The normalized spacial score (nSPS) is 14.4. The molecule has 7 heteroatoms. The lowest BCUT2D eigenvalue weighted by atomic mass is 10.1. The molecule has 32 heavy (non-hydrogen) atoms. The fourth-order valence-electron chi connectivity index (χ4n) is 3.51. The smallest absolute Gasteiger partial charge is 0.271 e. The van der Waals surface area contributed by atoms with Crippen LogP contribution in [0.2, 0.25) is 0 Å². The van der Waals surface area contributed by atoms with Gasteiger partial charge in [0.25, 0.3) is 11.8 Å². The van der Waals surface area contributed by atoms with Gasteiger partial charge in [0, 0.05) is 31.0 Å². The van der Waals surface area contributed by atoms with Crippen molar-refractivity contribution in [3.63, 3.8) is 0 Å². The first-order valence-corrected chi connectivity index (χ1v) is 11.4. The van der Waals surface area contributed by atoms with E-state index in [0.29, 0.717) is 28.7 Å². The Morgan fingerprint density at radius 2 is 1.38 bits per heavy atom. The van der Waals surface area contributed by atoms with Crippen LogP contribution in [0.5, 0.6) is 0 Å². The van der Waals surface area contributed by atoms with Crippen LogP contribution in [-0.4, -0.2) is 39.8 Å². The highest BCUT2D eigenvalue weighted by molar-refractivity contribution is 8.08. The average Bonchev–Trinajstić information content (AvgIpc) is 2.88. The first kappa shape index (κ1) is 21.8. The molecule has 0 aliphatic carbocycles. The van der Waals surface area contributed by atoms with Gasteiger partial charge in [0.15, 0.2) is 5.16 Å². The zero-order chi connectivity index (χ0) is 22.2. The number of thioether (sulfide) groups is 1. The minimum absolute atomic E-state index is 0.184. The Morgan fingerprint density at radius 1 is 0.781 bits per heavy atom. The maximum absolute atomic E-state index is 13.7. The molecule has 1 fully saturated rings. The van der Waals surface area contributed by atoms with E-state index in [0.717, 1.165) is 24.8 Å². The Hall–Kier alpha value is -3.45. The largest absolute Gasteiger partial charge is 0.337 e. The van der Waals surface area contributed by atoms with Crippen molar-refractivity contribution in [2.45, 2.75) is 24.4 Å². The molecule has 0 bridgehead atoms. The molecule has 0 atom stereocenters. The molecule has 1 aliphatic rings. The second-order valence-corrected chi connectivity index (χ2v) is 8.35. The van der Waals surface area contributed by atoms with E-state index in [9.17, 15) is 9.59 Å². The van der Waals surface area contributed by atoms with Gasteiger partial charge >= 0.3 is 0 Å². The molecule has 0 radical (unpaired) electrons. The predicted octanol–water partition coefficient (Wildman–Crippen LogP) is 4.38. The van der Waals surface area contributed by atoms with Crippen LogP contribution >= 0.6 is 11.8 Å². The van der Waals surface area contributed by atoms with Gasteiger partial charge in [-0.1, -0.05) is 48.5 Å². The Labute approximate surface area is 191 Å². The Kier molecular flexibility index (Phi) is 7.30. The van der Waals surface area contributed by atoms with Crippen LogP contribution in [0, 0.1) is 0 Å². The van der Waals surface area contributed by atoms with Crippen molar-refractivity contribution in [2.24, 2.45) is 0 Å². The molecule has 6 nitrogen and oxygen atoms in total. The van der Waals surface area contributed by atoms with Gasteiger partial charge in [-0.3, -0.25) is 9.59 Å². The molecular weight excluding hydrogens is 420 g/mol. The molecule has 2 aromatic carbocycles. The highest BCUT2D eigenvalue weighted by Gasteiger charge is 2.27. The number of hydrogen-bond donors (Lipinski definition) is 1. The van der Waals surface area contributed by atoms with Gasteiger partial charge in [-0.15, -0.1) is 0 Å². The SMILES string of the molecule is O=C(NC(C(=O)N1CCCCC1)=C(Sc1ncccn1)c1ccccc1)c1ccccc1. The first-order valence-electron chi connectivity index (χ1n) is 10.6. The zero-order valence-electron chi connectivity index (χ0n) is 17.6. The van der Waals surface area contributed by atoms with Crippen molar-refractivity contribution < 1.29 is 9.59 Å². The number of benzene rings is 2. The number of likely N-dealkylation sites (tertiary alicyclic amines) is 1. The van der Waals surface area contributed by atoms with Crippen molar-refractivity contribution in [2.75, 3.05) is 13.1 Å². The van der Waals surface area contributed by atoms with Crippen molar-refractivity contribution >= 4 is 28.5 Å². The van der Waals surface area contributed by atoms with Crippen molar-refractivity contribution in [1.82, 2.24) is 20.2 Å². The molecule has 0 saturated carbocycles. The molecule has 1 N–H and O–H groups in total. The maximum atomic E-state index is 13.7. The number of aromatic nitrogens is 2. The lowest BCUT2D eigenvalue weighted by molar-refractivity contribution is -0.128. The summed E-state index contributed by atoms with van der Waals surface area (Å²) >= 11 is 1.27. The van der Waals surface area contributed by atoms with E-state index >= 15 is 0 Å². The molecule has 1 aliphatic heterocycles. The highest BCUT2D eigenvalue weighted by atomic mass is 32.2.